The van der Waals surface area contributed by atoms with E-state index < -0.39 is 0 Å². The minimum atomic E-state index is 0.715. The number of fused-ring (bicyclic) bond motifs is 1. The van der Waals surface area contributed by atoms with Gasteiger partial charge in [-0.2, -0.15) is 4.98 Å². The summed E-state index contributed by atoms with van der Waals surface area (Å²) in [6.07, 6.45) is 1.20. The Kier molecular flexibility index (Phi) is 2.42. The van der Waals surface area contributed by atoms with Crippen molar-refractivity contribution < 1.29 is 9.15 Å². The third-order valence-corrected chi connectivity index (χ3v) is 3.28. The SMILES string of the molecule is COc1cccc2oc(N3CCC(C)C3)nc12. The Labute approximate surface area is 100 Å². The molecule has 1 atom stereocenters. The highest BCUT2D eigenvalue weighted by Gasteiger charge is 2.23. The molecule has 3 rings (SSSR count). The van der Waals surface area contributed by atoms with E-state index in [-0.39, 0.29) is 0 Å². The van der Waals surface area contributed by atoms with Gasteiger partial charge in [0.2, 0.25) is 0 Å². The number of methoxy groups -OCH3 is 1. The normalized spacial score (nSPS) is 20.1. The molecule has 1 aliphatic heterocycles. The lowest BCUT2D eigenvalue weighted by atomic mass is 10.2. The molecule has 90 valence electrons. The first-order valence-electron chi connectivity index (χ1n) is 5.96. The monoisotopic (exact) mass is 232 g/mol. The molecule has 1 aromatic heterocycles. The first kappa shape index (κ1) is 10.4. The summed E-state index contributed by atoms with van der Waals surface area (Å²) < 4.78 is 11.1. The molecule has 0 aliphatic carbocycles. The summed E-state index contributed by atoms with van der Waals surface area (Å²) >= 11 is 0. The summed E-state index contributed by atoms with van der Waals surface area (Å²) in [4.78, 5) is 6.73. The molecule has 1 saturated heterocycles. The largest absolute Gasteiger partial charge is 0.494 e. The predicted molar refractivity (Wildman–Crippen MR) is 66.6 cm³/mol. The zero-order valence-electron chi connectivity index (χ0n) is 10.1. The lowest BCUT2D eigenvalue weighted by molar-refractivity contribution is 0.419. The van der Waals surface area contributed by atoms with Gasteiger partial charge in [-0.05, 0) is 24.5 Å². The van der Waals surface area contributed by atoms with Crippen LogP contribution in [0.2, 0.25) is 0 Å². The van der Waals surface area contributed by atoms with Crippen LogP contribution < -0.4 is 9.64 Å². The summed E-state index contributed by atoms with van der Waals surface area (Å²) in [5, 5.41) is 0. The van der Waals surface area contributed by atoms with Gasteiger partial charge in [0.1, 0.15) is 5.75 Å². The van der Waals surface area contributed by atoms with Gasteiger partial charge >= 0.3 is 0 Å². The fourth-order valence-electron chi connectivity index (χ4n) is 2.32. The molecule has 1 unspecified atom stereocenters. The molecule has 2 aromatic rings. The third-order valence-electron chi connectivity index (χ3n) is 3.28. The van der Waals surface area contributed by atoms with E-state index in [1.165, 1.54) is 6.42 Å². The van der Waals surface area contributed by atoms with Crippen LogP contribution in [0.15, 0.2) is 22.6 Å². The molecule has 1 fully saturated rings. The highest BCUT2D eigenvalue weighted by atomic mass is 16.5. The van der Waals surface area contributed by atoms with Crippen molar-refractivity contribution in [3.63, 3.8) is 0 Å². The van der Waals surface area contributed by atoms with Gasteiger partial charge in [-0.15, -0.1) is 0 Å². The molecular weight excluding hydrogens is 216 g/mol. The van der Waals surface area contributed by atoms with Crippen LogP contribution in [0.1, 0.15) is 13.3 Å². The van der Waals surface area contributed by atoms with E-state index in [4.69, 9.17) is 9.15 Å². The summed E-state index contributed by atoms with van der Waals surface area (Å²) in [7, 11) is 1.65. The van der Waals surface area contributed by atoms with Crippen molar-refractivity contribution in [3.8, 4) is 5.75 Å². The summed E-state index contributed by atoms with van der Waals surface area (Å²) in [5.74, 6) is 1.48. The fourth-order valence-corrected chi connectivity index (χ4v) is 2.32. The quantitative estimate of drug-likeness (QED) is 0.798. The van der Waals surface area contributed by atoms with Crippen molar-refractivity contribution in [2.24, 2.45) is 5.92 Å². The Morgan fingerprint density at radius 2 is 2.35 bits per heavy atom. The van der Waals surface area contributed by atoms with E-state index >= 15 is 0 Å². The fraction of sp³-hybridized carbons (Fsp3) is 0.462. The maximum absolute atomic E-state index is 5.78. The van der Waals surface area contributed by atoms with Gasteiger partial charge in [0.25, 0.3) is 6.01 Å². The number of ether oxygens (including phenoxy) is 1. The molecule has 2 heterocycles. The number of anilines is 1. The highest BCUT2D eigenvalue weighted by molar-refractivity contribution is 5.81. The van der Waals surface area contributed by atoms with Gasteiger partial charge in [-0.3, -0.25) is 0 Å². The summed E-state index contributed by atoms with van der Waals surface area (Å²) in [5.41, 5.74) is 1.60. The second kappa shape index (κ2) is 3.95. The number of oxazole rings is 1. The van der Waals surface area contributed by atoms with E-state index in [0.29, 0.717) is 11.9 Å². The molecular formula is C13H16N2O2. The van der Waals surface area contributed by atoms with Gasteiger partial charge in [-0.1, -0.05) is 13.0 Å². The van der Waals surface area contributed by atoms with Crippen LogP contribution in [-0.4, -0.2) is 25.2 Å². The minimum absolute atomic E-state index is 0.715. The van der Waals surface area contributed by atoms with Gasteiger partial charge in [0.05, 0.1) is 7.11 Å². The molecule has 0 radical (unpaired) electrons. The van der Waals surface area contributed by atoms with Crippen LogP contribution in [0.5, 0.6) is 5.75 Å². The predicted octanol–water partition coefficient (Wildman–Crippen LogP) is 2.68. The van der Waals surface area contributed by atoms with Gasteiger partial charge in [-0.25, -0.2) is 0 Å². The zero-order valence-corrected chi connectivity index (χ0v) is 10.1. The molecule has 4 nitrogen and oxygen atoms in total. The lowest BCUT2D eigenvalue weighted by Crippen LogP contribution is -2.19. The van der Waals surface area contributed by atoms with Crippen molar-refractivity contribution in [3.05, 3.63) is 18.2 Å². The second-order valence-electron chi connectivity index (χ2n) is 4.64. The van der Waals surface area contributed by atoms with Crippen molar-refractivity contribution in [1.29, 1.82) is 0 Å². The van der Waals surface area contributed by atoms with Gasteiger partial charge in [0, 0.05) is 13.1 Å². The molecule has 1 aromatic carbocycles. The first-order chi connectivity index (χ1) is 8.28. The summed E-state index contributed by atoms with van der Waals surface area (Å²) in [6, 6.07) is 6.46. The van der Waals surface area contributed by atoms with E-state index in [1.807, 2.05) is 18.2 Å². The molecule has 0 amide bonds. The van der Waals surface area contributed by atoms with Crippen LogP contribution in [0, 0.1) is 5.92 Å². The highest BCUT2D eigenvalue weighted by Crippen LogP contribution is 2.31. The number of hydrogen-bond acceptors (Lipinski definition) is 4. The molecule has 0 bridgehead atoms. The Morgan fingerprint density at radius 3 is 3.06 bits per heavy atom. The number of nitrogens with zero attached hydrogens (tertiary/aromatic N) is 2. The standard InChI is InChI=1S/C13H16N2O2/c1-9-6-7-15(8-9)13-14-12-10(16-2)4-3-5-11(12)17-13/h3-5,9H,6-8H2,1-2H3. The average molecular weight is 232 g/mol. The molecule has 4 heteroatoms. The smallest absolute Gasteiger partial charge is 0.298 e. The average Bonchev–Trinajstić information content (AvgIpc) is 2.93. The Balaban J connectivity index is 2.01. The van der Waals surface area contributed by atoms with Crippen molar-refractivity contribution in [1.82, 2.24) is 4.98 Å². The number of benzene rings is 1. The topological polar surface area (TPSA) is 38.5 Å². The minimum Gasteiger partial charge on any atom is -0.494 e. The third kappa shape index (κ3) is 1.73. The zero-order chi connectivity index (χ0) is 11.8. The van der Waals surface area contributed by atoms with Gasteiger partial charge in [0.15, 0.2) is 11.1 Å². The number of rotatable bonds is 2. The van der Waals surface area contributed by atoms with Gasteiger partial charge < -0.3 is 14.1 Å². The molecule has 1 aliphatic rings. The molecule has 17 heavy (non-hydrogen) atoms. The van der Waals surface area contributed by atoms with E-state index in [9.17, 15) is 0 Å². The van der Waals surface area contributed by atoms with Crippen LogP contribution in [0.3, 0.4) is 0 Å². The van der Waals surface area contributed by atoms with E-state index in [2.05, 4.69) is 16.8 Å². The van der Waals surface area contributed by atoms with Crippen molar-refractivity contribution in [2.45, 2.75) is 13.3 Å². The number of para-hydroxylation sites is 1. The first-order valence-corrected chi connectivity index (χ1v) is 5.96. The van der Waals surface area contributed by atoms with Crippen LogP contribution in [-0.2, 0) is 0 Å². The Hall–Kier alpha value is -1.71. The number of aromatic nitrogens is 1. The van der Waals surface area contributed by atoms with E-state index in [0.717, 1.165) is 29.9 Å². The second-order valence-corrected chi connectivity index (χ2v) is 4.64. The summed E-state index contributed by atoms with van der Waals surface area (Å²) in [6.45, 7) is 4.30. The van der Waals surface area contributed by atoms with Crippen LogP contribution >= 0.6 is 0 Å². The lowest BCUT2D eigenvalue weighted by Gasteiger charge is -2.11. The van der Waals surface area contributed by atoms with E-state index in [1.54, 1.807) is 7.11 Å². The Morgan fingerprint density at radius 1 is 1.47 bits per heavy atom. The molecule has 0 spiro atoms. The van der Waals surface area contributed by atoms with Crippen LogP contribution in [0.4, 0.5) is 6.01 Å². The maximum atomic E-state index is 5.78. The Bertz CT molecular complexity index is 535. The van der Waals surface area contributed by atoms with Crippen molar-refractivity contribution >= 4 is 17.1 Å². The molecule has 0 N–H and O–H groups in total. The van der Waals surface area contributed by atoms with Crippen LogP contribution in [0.25, 0.3) is 11.1 Å². The molecule has 0 saturated carbocycles. The number of hydrogen-bond donors (Lipinski definition) is 0. The maximum Gasteiger partial charge on any atom is 0.298 e. The van der Waals surface area contributed by atoms with Crippen molar-refractivity contribution in [2.75, 3.05) is 25.1 Å².